The van der Waals surface area contributed by atoms with Crippen LogP contribution in [0, 0.1) is 12.7 Å². The third-order valence-electron chi connectivity index (χ3n) is 4.86. The number of aromatic nitrogens is 3. The number of rotatable bonds is 7. The Morgan fingerprint density at radius 2 is 1.71 bits per heavy atom. The Morgan fingerprint density at radius 3 is 2.43 bits per heavy atom. The van der Waals surface area contributed by atoms with Gasteiger partial charge in [-0.3, -0.25) is 19.4 Å². The van der Waals surface area contributed by atoms with Gasteiger partial charge >= 0.3 is 0 Å². The van der Waals surface area contributed by atoms with E-state index in [2.05, 4.69) is 25.8 Å². The van der Waals surface area contributed by atoms with Crippen LogP contribution < -0.4 is 16.2 Å². The van der Waals surface area contributed by atoms with Gasteiger partial charge in [0.15, 0.2) is 10.9 Å². The maximum Gasteiger partial charge on any atom is 0.278 e. The highest BCUT2D eigenvalue weighted by Crippen LogP contribution is 2.26. The molecule has 0 unspecified atom stereocenters. The van der Waals surface area contributed by atoms with Crippen molar-refractivity contribution in [3.8, 4) is 11.3 Å². The molecule has 0 aliphatic rings. The van der Waals surface area contributed by atoms with Gasteiger partial charge in [0, 0.05) is 16.8 Å². The minimum absolute atomic E-state index is 0.0375. The van der Waals surface area contributed by atoms with Gasteiger partial charge in [-0.2, -0.15) is 0 Å². The minimum Gasteiger partial charge on any atom is -0.325 e. The van der Waals surface area contributed by atoms with Crippen LogP contribution in [0.4, 0.5) is 15.8 Å². The van der Waals surface area contributed by atoms with Gasteiger partial charge in [0.05, 0.1) is 11.4 Å². The molecule has 10 heteroatoms. The Hall–Kier alpha value is -4.31. The molecule has 1 aromatic heterocycles. The summed E-state index contributed by atoms with van der Waals surface area (Å²) in [7, 11) is 0. The van der Waals surface area contributed by atoms with Crippen LogP contribution in [-0.2, 0) is 4.79 Å². The number of amides is 2. The first-order valence-electron chi connectivity index (χ1n) is 10.5. The summed E-state index contributed by atoms with van der Waals surface area (Å²) in [5.74, 6) is -1.11. The lowest BCUT2D eigenvalue weighted by molar-refractivity contribution is -0.113. The first-order valence-corrected chi connectivity index (χ1v) is 11.5. The minimum atomic E-state index is -0.512. The second-order valence-corrected chi connectivity index (χ2v) is 8.48. The SMILES string of the molecule is Cc1ccc(NC(=O)c2ccccc2)c(-c2nnc(SCC(=O)Nc3ccc(F)cc3)[nH]c2=O)c1. The van der Waals surface area contributed by atoms with Crippen molar-refractivity contribution in [2.45, 2.75) is 12.1 Å². The molecule has 0 saturated heterocycles. The third-order valence-corrected chi connectivity index (χ3v) is 5.72. The molecule has 8 nitrogen and oxygen atoms in total. The Bertz CT molecular complexity index is 1430. The fourth-order valence-electron chi connectivity index (χ4n) is 3.17. The second-order valence-electron chi connectivity index (χ2n) is 7.52. The largest absolute Gasteiger partial charge is 0.325 e. The maximum atomic E-state index is 13.0. The Balaban J connectivity index is 1.48. The topological polar surface area (TPSA) is 117 Å². The molecule has 0 atom stereocenters. The van der Waals surface area contributed by atoms with E-state index in [9.17, 15) is 18.8 Å². The molecule has 0 bridgehead atoms. The molecule has 0 fully saturated rings. The van der Waals surface area contributed by atoms with Crippen molar-refractivity contribution in [3.05, 3.63) is 100 Å². The zero-order valence-electron chi connectivity index (χ0n) is 18.5. The Morgan fingerprint density at radius 1 is 0.971 bits per heavy atom. The molecule has 4 rings (SSSR count). The van der Waals surface area contributed by atoms with Crippen LogP contribution in [0.15, 0.2) is 82.7 Å². The number of H-pyrrole nitrogens is 1. The zero-order chi connectivity index (χ0) is 24.8. The van der Waals surface area contributed by atoms with Gasteiger partial charge in [0.25, 0.3) is 11.5 Å². The van der Waals surface area contributed by atoms with Gasteiger partial charge in [-0.05, 0) is 55.5 Å². The van der Waals surface area contributed by atoms with Gasteiger partial charge < -0.3 is 10.6 Å². The predicted octanol–water partition coefficient (Wildman–Crippen LogP) is 4.26. The van der Waals surface area contributed by atoms with Crippen molar-refractivity contribution in [2.75, 3.05) is 16.4 Å². The number of carbonyl (C=O) groups is 2. The highest BCUT2D eigenvalue weighted by molar-refractivity contribution is 7.99. The number of carbonyl (C=O) groups excluding carboxylic acids is 2. The molecule has 4 aromatic rings. The molecule has 0 spiro atoms. The fourth-order valence-corrected chi connectivity index (χ4v) is 3.78. The number of benzene rings is 3. The molecule has 1 heterocycles. The van der Waals surface area contributed by atoms with Crippen LogP contribution in [-0.4, -0.2) is 32.7 Å². The molecule has 3 aromatic carbocycles. The highest BCUT2D eigenvalue weighted by Gasteiger charge is 2.16. The number of thioether (sulfide) groups is 1. The molecule has 2 amide bonds. The lowest BCUT2D eigenvalue weighted by atomic mass is 10.1. The lowest BCUT2D eigenvalue weighted by Gasteiger charge is -2.11. The van der Waals surface area contributed by atoms with Crippen LogP contribution in [0.3, 0.4) is 0 Å². The normalized spacial score (nSPS) is 10.6. The average Bonchev–Trinajstić information content (AvgIpc) is 2.86. The van der Waals surface area contributed by atoms with E-state index in [1.54, 1.807) is 36.4 Å². The number of anilines is 2. The number of nitrogens with zero attached hydrogens (tertiary/aromatic N) is 2. The number of halogens is 1. The van der Waals surface area contributed by atoms with Crippen LogP contribution >= 0.6 is 11.8 Å². The molecule has 35 heavy (non-hydrogen) atoms. The van der Waals surface area contributed by atoms with Crippen molar-refractivity contribution in [2.24, 2.45) is 0 Å². The predicted molar refractivity (Wildman–Crippen MR) is 133 cm³/mol. The van der Waals surface area contributed by atoms with Crippen molar-refractivity contribution in [1.82, 2.24) is 15.2 Å². The third kappa shape index (κ3) is 6.18. The summed E-state index contributed by atoms with van der Waals surface area (Å²) >= 11 is 0.999. The summed E-state index contributed by atoms with van der Waals surface area (Å²) in [5, 5.41) is 13.7. The molecular weight excluding hydrogens is 469 g/mol. The van der Waals surface area contributed by atoms with Crippen molar-refractivity contribution in [1.29, 1.82) is 0 Å². The van der Waals surface area contributed by atoms with Crippen molar-refractivity contribution < 1.29 is 14.0 Å². The molecular formula is C25H20FN5O3S. The monoisotopic (exact) mass is 489 g/mol. The lowest BCUT2D eigenvalue weighted by Crippen LogP contribution is -2.18. The molecule has 0 aliphatic carbocycles. The van der Waals surface area contributed by atoms with Crippen LogP contribution in [0.5, 0.6) is 0 Å². The van der Waals surface area contributed by atoms with E-state index in [0.717, 1.165) is 17.3 Å². The summed E-state index contributed by atoms with van der Waals surface area (Å²) in [6.07, 6.45) is 0. The van der Waals surface area contributed by atoms with E-state index in [1.165, 1.54) is 24.3 Å². The maximum absolute atomic E-state index is 13.0. The molecule has 0 radical (unpaired) electrons. The molecule has 3 N–H and O–H groups in total. The number of aromatic amines is 1. The number of hydrogen-bond donors (Lipinski definition) is 3. The molecule has 0 aliphatic heterocycles. The molecule has 0 saturated carbocycles. The van der Waals surface area contributed by atoms with Crippen LogP contribution in [0.1, 0.15) is 15.9 Å². The standard InChI is InChI=1S/C25H20FN5O3S/c1-15-7-12-20(28-23(33)16-5-3-2-4-6-16)19(13-15)22-24(34)29-25(31-30-22)35-14-21(32)27-18-10-8-17(26)9-11-18/h2-13H,14H2,1H3,(H,27,32)(H,28,33)(H,29,31,34). The van der Waals surface area contributed by atoms with Gasteiger partial charge in [-0.15, -0.1) is 10.2 Å². The van der Waals surface area contributed by atoms with Crippen LogP contribution in [0.2, 0.25) is 0 Å². The first-order chi connectivity index (χ1) is 16.9. The average molecular weight is 490 g/mol. The first kappa shape index (κ1) is 23.8. The number of aryl methyl sites for hydroxylation is 1. The van der Waals surface area contributed by atoms with E-state index in [-0.39, 0.29) is 28.4 Å². The molecule has 176 valence electrons. The van der Waals surface area contributed by atoms with Gasteiger partial charge in [-0.1, -0.05) is 41.6 Å². The summed E-state index contributed by atoms with van der Waals surface area (Å²) in [4.78, 5) is 40.2. The summed E-state index contributed by atoms with van der Waals surface area (Å²) in [6.45, 7) is 1.86. The number of hydrogen-bond acceptors (Lipinski definition) is 6. The van der Waals surface area contributed by atoms with Crippen molar-refractivity contribution >= 4 is 35.0 Å². The Kier molecular flexibility index (Phi) is 7.32. The van der Waals surface area contributed by atoms with Gasteiger partial charge in [0.1, 0.15) is 5.82 Å². The zero-order valence-corrected chi connectivity index (χ0v) is 19.4. The van der Waals surface area contributed by atoms with E-state index in [0.29, 0.717) is 22.5 Å². The second kappa shape index (κ2) is 10.7. The van der Waals surface area contributed by atoms with Gasteiger partial charge in [-0.25, -0.2) is 4.39 Å². The smallest absolute Gasteiger partial charge is 0.278 e. The van der Waals surface area contributed by atoms with Crippen LogP contribution in [0.25, 0.3) is 11.3 Å². The summed E-state index contributed by atoms with van der Waals surface area (Å²) < 4.78 is 13.0. The van der Waals surface area contributed by atoms with E-state index >= 15 is 0 Å². The van der Waals surface area contributed by atoms with Crippen molar-refractivity contribution in [3.63, 3.8) is 0 Å². The van der Waals surface area contributed by atoms with E-state index in [1.807, 2.05) is 19.1 Å². The number of nitrogens with one attached hydrogen (secondary N) is 3. The van der Waals surface area contributed by atoms with E-state index in [4.69, 9.17) is 0 Å². The quantitative estimate of drug-likeness (QED) is 0.334. The Labute approximate surface area is 204 Å². The summed E-state index contributed by atoms with van der Waals surface area (Å²) in [6, 6.07) is 19.4. The highest BCUT2D eigenvalue weighted by atomic mass is 32.2. The van der Waals surface area contributed by atoms with Gasteiger partial charge in [0.2, 0.25) is 5.91 Å². The summed E-state index contributed by atoms with van der Waals surface area (Å²) in [5.41, 5.74) is 2.17. The fraction of sp³-hybridized carbons (Fsp3) is 0.0800. The van der Waals surface area contributed by atoms with E-state index < -0.39 is 11.4 Å².